The Hall–Kier alpha value is -1.62. The molecule has 20 heavy (non-hydrogen) atoms. The zero-order chi connectivity index (χ0) is 14.4. The number of aromatic nitrogens is 4. The van der Waals surface area contributed by atoms with Crippen molar-refractivity contribution in [3.8, 4) is 0 Å². The predicted octanol–water partition coefficient (Wildman–Crippen LogP) is 2.25. The Balaban J connectivity index is 1.97. The van der Waals surface area contributed by atoms with Crippen LogP contribution >= 0.6 is 0 Å². The molecule has 0 unspecified atom stereocenters. The molecule has 2 aromatic rings. The third kappa shape index (κ3) is 3.70. The Labute approximate surface area is 121 Å². The van der Waals surface area contributed by atoms with Gasteiger partial charge in [-0.3, -0.25) is 4.68 Å². The van der Waals surface area contributed by atoms with E-state index in [0.29, 0.717) is 6.04 Å². The lowest BCUT2D eigenvalue weighted by Crippen LogP contribution is -2.10. The summed E-state index contributed by atoms with van der Waals surface area (Å²) in [5, 5.41) is 7.81. The van der Waals surface area contributed by atoms with E-state index in [-0.39, 0.29) is 0 Å². The van der Waals surface area contributed by atoms with Crippen molar-refractivity contribution in [1.82, 2.24) is 24.6 Å². The molecule has 0 atom stereocenters. The van der Waals surface area contributed by atoms with E-state index in [1.807, 2.05) is 13.4 Å². The first-order chi connectivity index (χ1) is 9.76. The molecule has 0 aliphatic heterocycles. The molecule has 0 aliphatic carbocycles. The van der Waals surface area contributed by atoms with Crippen LogP contribution in [-0.4, -0.2) is 32.9 Å². The van der Waals surface area contributed by atoms with Crippen molar-refractivity contribution in [2.75, 3.05) is 13.6 Å². The minimum atomic E-state index is 0.512. The highest BCUT2D eigenvalue weighted by atomic mass is 15.3. The van der Waals surface area contributed by atoms with Crippen LogP contribution in [0.25, 0.3) is 0 Å². The third-order valence-corrected chi connectivity index (χ3v) is 3.64. The maximum absolute atomic E-state index is 4.67. The molecule has 0 aromatic carbocycles. The lowest BCUT2D eigenvalue weighted by atomic mass is 10.2. The lowest BCUT2D eigenvalue weighted by Gasteiger charge is -2.12. The summed E-state index contributed by atoms with van der Waals surface area (Å²) in [5.41, 5.74) is 2.22. The molecule has 5 nitrogen and oxygen atoms in total. The van der Waals surface area contributed by atoms with E-state index in [1.54, 1.807) is 0 Å². The summed E-state index contributed by atoms with van der Waals surface area (Å²) in [6.07, 6.45) is 9.29. The predicted molar refractivity (Wildman–Crippen MR) is 80.8 cm³/mol. The quantitative estimate of drug-likeness (QED) is 0.804. The Bertz CT molecular complexity index is 510. The number of hydrogen-bond acceptors (Lipinski definition) is 3. The molecule has 1 N–H and O–H groups in total. The Morgan fingerprint density at radius 1 is 1.25 bits per heavy atom. The number of rotatable bonds is 8. The zero-order valence-corrected chi connectivity index (χ0v) is 12.7. The first kappa shape index (κ1) is 14.8. The topological polar surface area (TPSA) is 47.7 Å². The summed E-state index contributed by atoms with van der Waals surface area (Å²) >= 11 is 0. The number of nitrogens with one attached hydrogen (secondary N) is 1. The highest BCUT2D eigenvalue weighted by molar-refractivity contribution is 5.04. The molecule has 5 heteroatoms. The summed E-state index contributed by atoms with van der Waals surface area (Å²) in [7, 11) is 1.96. The number of imidazole rings is 1. The van der Waals surface area contributed by atoms with Gasteiger partial charge in [0.05, 0.1) is 30.3 Å². The van der Waals surface area contributed by atoms with Crippen molar-refractivity contribution in [1.29, 1.82) is 0 Å². The average molecular weight is 275 g/mol. The first-order valence-electron chi connectivity index (χ1n) is 7.46. The summed E-state index contributed by atoms with van der Waals surface area (Å²) < 4.78 is 4.19. The molecule has 0 amide bonds. The fraction of sp³-hybridized carbons (Fsp3) is 0.600. The highest BCUT2D eigenvalue weighted by Crippen LogP contribution is 2.14. The molecule has 0 saturated heterocycles. The molecule has 0 radical (unpaired) electrons. The second kappa shape index (κ2) is 7.24. The van der Waals surface area contributed by atoms with E-state index in [1.165, 1.54) is 0 Å². The van der Waals surface area contributed by atoms with Crippen molar-refractivity contribution in [2.24, 2.45) is 0 Å². The first-order valence-corrected chi connectivity index (χ1v) is 7.46. The monoisotopic (exact) mass is 275 g/mol. The number of likely N-dealkylation sites (N-methyl/N-ethyl adjacent to an activating group) is 1. The van der Waals surface area contributed by atoms with Crippen LogP contribution in [0.5, 0.6) is 0 Å². The number of nitrogens with zero attached hydrogens (tertiary/aromatic N) is 4. The van der Waals surface area contributed by atoms with Crippen molar-refractivity contribution in [2.45, 2.75) is 45.7 Å². The maximum atomic E-state index is 4.67. The van der Waals surface area contributed by atoms with Crippen molar-refractivity contribution in [3.63, 3.8) is 0 Å². The maximum Gasteiger partial charge on any atom is 0.0953 e. The summed E-state index contributed by atoms with van der Waals surface area (Å²) in [6, 6.07) is 2.61. The van der Waals surface area contributed by atoms with Gasteiger partial charge in [-0.25, -0.2) is 4.98 Å². The van der Waals surface area contributed by atoms with Crippen LogP contribution < -0.4 is 5.32 Å². The summed E-state index contributed by atoms with van der Waals surface area (Å²) in [5.74, 6) is 0. The van der Waals surface area contributed by atoms with Gasteiger partial charge < -0.3 is 9.88 Å². The van der Waals surface area contributed by atoms with Gasteiger partial charge in [-0.05, 0) is 26.0 Å². The third-order valence-electron chi connectivity index (χ3n) is 3.64. The van der Waals surface area contributed by atoms with Gasteiger partial charge in [-0.15, -0.1) is 0 Å². The van der Waals surface area contributed by atoms with E-state index in [4.69, 9.17) is 0 Å². The van der Waals surface area contributed by atoms with Gasteiger partial charge in [-0.2, -0.15) is 5.10 Å². The Morgan fingerprint density at radius 3 is 2.75 bits per heavy atom. The molecule has 110 valence electrons. The molecule has 0 spiro atoms. The van der Waals surface area contributed by atoms with E-state index in [9.17, 15) is 0 Å². The van der Waals surface area contributed by atoms with Gasteiger partial charge in [0.1, 0.15) is 0 Å². The molecule has 0 saturated carbocycles. The lowest BCUT2D eigenvalue weighted by molar-refractivity contribution is 0.424. The van der Waals surface area contributed by atoms with Gasteiger partial charge in [0.15, 0.2) is 0 Å². The van der Waals surface area contributed by atoms with Crippen LogP contribution in [0.15, 0.2) is 24.8 Å². The highest BCUT2D eigenvalue weighted by Gasteiger charge is 2.08. The van der Waals surface area contributed by atoms with Crippen LogP contribution in [0.1, 0.15) is 44.1 Å². The van der Waals surface area contributed by atoms with Gasteiger partial charge in [-0.1, -0.05) is 13.8 Å². The van der Waals surface area contributed by atoms with E-state index in [2.05, 4.69) is 57.0 Å². The molecule has 2 heterocycles. The van der Waals surface area contributed by atoms with Gasteiger partial charge >= 0.3 is 0 Å². The smallest absolute Gasteiger partial charge is 0.0953 e. The standard InChI is InChI=1S/C15H25N5/c1-4-15(5-2)20-9-7-14(18-20)11-19-10-13(17-12-19)6-8-16-3/h7,9-10,12,15-16H,4-6,8,11H2,1-3H3. The van der Waals surface area contributed by atoms with Crippen LogP contribution in [0.3, 0.4) is 0 Å². The van der Waals surface area contributed by atoms with Gasteiger partial charge in [0.25, 0.3) is 0 Å². The molecule has 0 fully saturated rings. The Morgan fingerprint density at radius 2 is 2.05 bits per heavy atom. The van der Waals surface area contributed by atoms with Crippen LogP contribution in [0.2, 0.25) is 0 Å². The van der Waals surface area contributed by atoms with Crippen molar-refractivity contribution >= 4 is 0 Å². The van der Waals surface area contributed by atoms with Gasteiger partial charge in [0, 0.05) is 25.4 Å². The van der Waals surface area contributed by atoms with Crippen LogP contribution in [0, 0.1) is 0 Å². The summed E-state index contributed by atoms with van der Waals surface area (Å²) in [4.78, 5) is 4.41. The second-order valence-electron chi connectivity index (χ2n) is 5.15. The van der Waals surface area contributed by atoms with E-state index >= 15 is 0 Å². The van der Waals surface area contributed by atoms with E-state index < -0.39 is 0 Å². The Kier molecular flexibility index (Phi) is 5.35. The van der Waals surface area contributed by atoms with Crippen LogP contribution in [-0.2, 0) is 13.0 Å². The average Bonchev–Trinajstić information content (AvgIpc) is 3.08. The fourth-order valence-electron chi connectivity index (χ4n) is 2.39. The second-order valence-corrected chi connectivity index (χ2v) is 5.15. The molecule has 2 rings (SSSR count). The van der Waals surface area contributed by atoms with Gasteiger partial charge in [0.2, 0.25) is 0 Å². The van der Waals surface area contributed by atoms with Crippen LogP contribution in [0.4, 0.5) is 0 Å². The normalized spacial score (nSPS) is 11.4. The SMILES string of the molecule is CCC(CC)n1ccc(Cn2cnc(CCNC)c2)n1. The molecular formula is C15H25N5. The summed E-state index contributed by atoms with van der Waals surface area (Å²) in [6.45, 7) is 6.17. The van der Waals surface area contributed by atoms with Crippen molar-refractivity contribution < 1.29 is 0 Å². The zero-order valence-electron chi connectivity index (χ0n) is 12.7. The van der Waals surface area contributed by atoms with E-state index in [0.717, 1.165) is 43.7 Å². The minimum absolute atomic E-state index is 0.512. The molecular weight excluding hydrogens is 250 g/mol. The molecule has 0 aliphatic rings. The molecule has 2 aromatic heterocycles. The minimum Gasteiger partial charge on any atom is -0.331 e. The molecule has 0 bridgehead atoms. The van der Waals surface area contributed by atoms with Crippen molar-refractivity contribution in [3.05, 3.63) is 36.2 Å². The number of hydrogen-bond donors (Lipinski definition) is 1. The fourth-order valence-corrected chi connectivity index (χ4v) is 2.39. The largest absolute Gasteiger partial charge is 0.331 e.